The summed E-state index contributed by atoms with van der Waals surface area (Å²) in [7, 11) is 0. The fourth-order valence-corrected chi connectivity index (χ4v) is 3.96. The molecule has 2 atom stereocenters. The van der Waals surface area contributed by atoms with Gasteiger partial charge in [0.1, 0.15) is 5.78 Å². The monoisotopic (exact) mass is 498 g/mol. The molecule has 0 radical (unpaired) electrons. The topological polar surface area (TPSA) is 155 Å². The number of allylic oxidation sites excluding steroid dienone is 2. The highest BCUT2D eigenvalue weighted by Gasteiger charge is 2.57. The second-order valence-electron chi connectivity index (χ2n) is 8.96. The molecule has 200 valence electrons. The van der Waals surface area contributed by atoms with Crippen molar-refractivity contribution in [1.82, 2.24) is 0 Å². The number of aliphatic carboxylic acids is 3. The van der Waals surface area contributed by atoms with E-state index in [1.54, 1.807) is 0 Å². The van der Waals surface area contributed by atoms with Gasteiger partial charge in [0, 0.05) is 6.42 Å². The Balaban J connectivity index is 4.37. The van der Waals surface area contributed by atoms with Gasteiger partial charge in [0.2, 0.25) is 5.60 Å². The first kappa shape index (κ1) is 32.3. The number of hydrogen-bond acceptors (Lipinski definition) is 6. The number of ether oxygens (including phenoxy) is 1. The van der Waals surface area contributed by atoms with Gasteiger partial charge in [-0.1, -0.05) is 70.4 Å². The molecule has 0 aliphatic carbocycles. The molecule has 0 aromatic heterocycles. The number of carboxylic acid groups (broad SMARTS) is 3. The van der Waals surface area contributed by atoms with Crippen LogP contribution in [-0.2, 0) is 28.7 Å². The van der Waals surface area contributed by atoms with E-state index in [1.807, 2.05) is 0 Å². The number of unbranched alkanes of at least 4 members (excludes halogenated alkanes) is 11. The molecule has 0 aromatic rings. The zero-order valence-corrected chi connectivity index (χ0v) is 21.1. The summed E-state index contributed by atoms with van der Waals surface area (Å²) in [6.45, 7) is 3.03. The lowest BCUT2D eigenvalue weighted by Crippen LogP contribution is -2.56. The molecule has 35 heavy (non-hydrogen) atoms. The largest absolute Gasteiger partial charge is 0.481 e. The molecule has 9 nitrogen and oxygen atoms in total. The second kappa shape index (κ2) is 18.6. The fraction of sp³-hybridized carbons (Fsp3) is 0.731. The van der Waals surface area contributed by atoms with Crippen LogP contribution in [0.2, 0.25) is 0 Å². The Morgan fingerprint density at radius 2 is 1.26 bits per heavy atom. The van der Waals surface area contributed by atoms with E-state index in [0.717, 1.165) is 39.0 Å². The fourth-order valence-electron chi connectivity index (χ4n) is 3.96. The van der Waals surface area contributed by atoms with Crippen molar-refractivity contribution < 1.29 is 44.0 Å². The van der Waals surface area contributed by atoms with Crippen LogP contribution in [0.1, 0.15) is 110 Å². The summed E-state index contributed by atoms with van der Waals surface area (Å²) in [5.41, 5.74) is -3.00. The number of ketones is 1. The van der Waals surface area contributed by atoms with E-state index >= 15 is 0 Å². The Morgan fingerprint density at radius 3 is 1.69 bits per heavy atom. The molecular formula is C26H42O9. The first-order chi connectivity index (χ1) is 16.6. The SMILES string of the molecule is CCCCCCCC/C=C\CCCCCCCC(=O)OC(CC(=O)O)(C(=O)O)C(C(C)=O)C(=O)O. The minimum atomic E-state index is -3.00. The maximum absolute atomic E-state index is 12.2. The molecule has 0 heterocycles. The first-order valence-electron chi connectivity index (χ1n) is 12.6. The normalized spacial score (nSPS) is 13.8. The number of rotatable bonds is 22. The number of Topliss-reactive ketones (excluding diaryl/α,β-unsaturated/α-hetero) is 1. The van der Waals surface area contributed by atoms with Crippen LogP contribution in [0.5, 0.6) is 0 Å². The minimum Gasteiger partial charge on any atom is -0.481 e. The van der Waals surface area contributed by atoms with Crippen LogP contribution >= 0.6 is 0 Å². The summed E-state index contributed by atoms with van der Waals surface area (Å²) in [5, 5.41) is 27.9. The Kier molecular flexibility index (Phi) is 17.2. The maximum Gasteiger partial charge on any atom is 0.350 e. The van der Waals surface area contributed by atoms with Crippen molar-refractivity contribution in [2.45, 2.75) is 116 Å². The van der Waals surface area contributed by atoms with Crippen molar-refractivity contribution in [3.63, 3.8) is 0 Å². The summed E-state index contributed by atoms with van der Waals surface area (Å²) in [6.07, 6.45) is 16.6. The van der Waals surface area contributed by atoms with Gasteiger partial charge in [-0.05, 0) is 39.0 Å². The molecule has 2 unspecified atom stereocenters. The zero-order valence-electron chi connectivity index (χ0n) is 21.1. The van der Waals surface area contributed by atoms with Crippen LogP contribution in [0.4, 0.5) is 0 Å². The third-order valence-corrected chi connectivity index (χ3v) is 5.83. The van der Waals surface area contributed by atoms with E-state index in [-0.39, 0.29) is 6.42 Å². The highest BCUT2D eigenvalue weighted by molar-refractivity contribution is 6.05. The van der Waals surface area contributed by atoms with Crippen molar-refractivity contribution in [2.24, 2.45) is 5.92 Å². The number of carbonyl (C=O) groups is 5. The van der Waals surface area contributed by atoms with E-state index < -0.39 is 47.6 Å². The molecule has 0 aliphatic rings. The van der Waals surface area contributed by atoms with Gasteiger partial charge in [-0.15, -0.1) is 0 Å². The van der Waals surface area contributed by atoms with Crippen LogP contribution < -0.4 is 0 Å². The van der Waals surface area contributed by atoms with Crippen molar-refractivity contribution in [3.8, 4) is 0 Å². The average Bonchev–Trinajstić information content (AvgIpc) is 2.75. The lowest BCUT2D eigenvalue weighted by Gasteiger charge is -2.31. The van der Waals surface area contributed by atoms with Gasteiger partial charge in [-0.25, -0.2) is 4.79 Å². The van der Waals surface area contributed by atoms with E-state index in [4.69, 9.17) is 9.84 Å². The van der Waals surface area contributed by atoms with Gasteiger partial charge in [0.25, 0.3) is 0 Å². The third kappa shape index (κ3) is 13.7. The Morgan fingerprint density at radius 1 is 0.771 bits per heavy atom. The second-order valence-corrected chi connectivity index (χ2v) is 8.96. The number of carboxylic acids is 3. The molecule has 0 amide bonds. The van der Waals surface area contributed by atoms with Crippen molar-refractivity contribution in [3.05, 3.63) is 12.2 Å². The van der Waals surface area contributed by atoms with Gasteiger partial charge in [-0.2, -0.15) is 0 Å². The minimum absolute atomic E-state index is 0.197. The van der Waals surface area contributed by atoms with E-state index in [0.29, 0.717) is 12.8 Å². The van der Waals surface area contributed by atoms with Crippen LogP contribution in [0, 0.1) is 5.92 Å². The highest BCUT2D eigenvalue weighted by Crippen LogP contribution is 2.30. The van der Waals surface area contributed by atoms with Crippen molar-refractivity contribution in [1.29, 1.82) is 0 Å². The molecular weight excluding hydrogens is 456 g/mol. The molecule has 0 aliphatic heterocycles. The maximum atomic E-state index is 12.2. The van der Waals surface area contributed by atoms with E-state index in [9.17, 15) is 34.2 Å². The molecule has 9 heteroatoms. The number of esters is 1. The van der Waals surface area contributed by atoms with E-state index in [2.05, 4.69) is 19.1 Å². The van der Waals surface area contributed by atoms with E-state index in [1.165, 1.54) is 38.5 Å². The summed E-state index contributed by atoms with van der Waals surface area (Å²) >= 11 is 0. The molecule has 0 aromatic carbocycles. The summed E-state index contributed by atoms with van der Waals surface area (Å²) in [5.74, 6) is -10.0. The Hall–Kier alpha value is -2.71. The molecule has 0 spiro atoms. The van der Waals surface area contributed by atoms with Gasteiger partial charge in [0.15, 0.2) is 5.92 Å². The smallest absolute Gasteiger partial charge is 0.350 e. The highest BCUT2D eigenvalue weighted by atomic mass is 16.6. The third-order valence-electron chi connectivity index (χ3n) is 5.83. The van der Waals surface area contributed by atoms with Crippen LogP contribution in [-0.4, -0.2) is 50.6 Å². The predicted molar refractivity (Wildman–Crippen MR) is 130 cm³/mol. The molecule has 3 N–H and O–H groups in total. The average molecular weight is 499 g/mol. The van der Waals surface area contributed by atoms with Gasteiger partial charge in [0.05, 0.1) is 6.42 Å². The van der Waals surface area contributed by atoms with Gasteiger partial charge in [-0.3, -0.25) is 19.2 Å². The van der Waals surface area contributed by atoms with Crippen LogP contribution in [0.3, 0.4) is 0 Å². The lowest BCUT2D eigenvalue weighted by atomic mass is 9.81. The Bertz CT molecular complexity index is 700. The summed E-state index contributed by atoms with van der Waals surface area (Å²) in [4.78, 5) is 58.5. The standard InChI is InChI=1S/C26H42O9/c1-3-4-5-6-7-8-9-10-11-12-13-14-15-16-17-18-22(30)35-26(25(33)34,19-21(28)29)23(20(2)27)24(31)32/h10-11,23H,3-9,12-19H2,1-2H3,(H,28,29)(H,31,32)(H,33,34)/b11-10-. The summed E-state index contributed by atoms with van der Waals surface area (Å²) < 4.78 is 4.88. The zero-order chi connectivity index (χ0) is 26.7. The molecule has 0 fully saturated rings. The van der Waals surface area contributed by atoms with Crippen LogP contribution in [0.25, 0.3) is 0 Å². The number of carbonyl (C=O) groups excluding carboxylic acids is 2. The predicted octanol–water partition coefficient (Wildman–Crippen LogP) is 5.16. The molecule has 0 bridgehead atoms. The van der Waals surface area contributed by atoms with Crippen molar-refractivity contribution in [2.75, 3.05) is 0 Å². The molecule has 0 saturated heterocycles. The van der Waals surface area contributed by atoms with Gasteiger partial charge >= 0.3 is 23.9 Å². The molecule has 0 saturated carbocycles. The lowest BCUT2D eigenvalue weighted by molar-refractivity contribution is -0.194. The Labute approximate surface area is 207 Å². The molecule has 0 rings (SSSR count). The van der Waals surface area contributed by atoms with Crippen molar-refractivity contribution >= 4 is 29.7 Å². The first-order valence-corrected chi connectivity index (χ1v) is 12.6. The summed E-state index contributed by atoms with van der Waals surface area (Å²) in [6, 6.07) is 0. The van der Waals surface area contributed by atoms with Crippen LogP contribution in [0.15, 0.2) is 12.2 Å². The van der Waals surface area contributed by atoms with Gasteiger partial charge < -0.3 is 20.1 Å². The number of hydrogen-bond donors (Lipinski definition) is 3. The quantitative estimate of drug-likeness (QED) is 0.0794.